The molecule has 0 saturated carbocycles. The minimum Gasteiger partial charge on any atom is -0.305 e. The maximum absolute atomic E-state index is 6.02. The summed E-state index contributed by atoms with van der Waals surface area (Å²) in [4.78, 5) is 0. The number of rotatable bonds is 4. The van der Waals surface area contributed by atoms with E-state index in [0.29, 0.717) is 10.0 Å². The van der Waals surface area contributed by atoms with Crippen molar-refractivity contribution in [3.8, 4) is 0 Å². The molecule has 0 fully saturated rings. The van der Waals surface area contributed by atoms with E-state index in [4.69, 9.17) is 23.2 Å². The predicted octanol–water partition coefficient (Wildman–Crippen LogP) is 2.81. The molecule has 0 bridgehead atoms. The molecule has 2 aromatic rings. The molecule has 1 unspecified atom stereocenters. The first-order chi connectivity index (χ1) is 8.22. The van der Waals surface area contributed by atoms with Gasteiger partial charge in [-0.25, -0.2) is 0 Å². The normalized spacial score (nSPS) is 12.6. The highest BCUT2D eigenvalue weighted by molar-refractivity contribution is 6.42. The Morgan fingerprint density at radius 3 is 2.76 bits per heavy atom. The van der Waals surface area contributed by atoms with Crippen LogP contribution in [0.4, 0.5) is 0 Å². The Hall–Kier alpha value is -1.10. The van der Waals surface area contributed by atoms with E-state index in [-0.39, 0.29) is 6.04 Å². The van der Waals surface area contributed by atoms with Gasteiger partial charge in [0, 0.05) is 0 Å². The number of hydrogen-bond acceptors (Lipinski definition) is 3. The van der Waals surface area contributed by atoms with E-state index in [0.717, 1.165) is 17.8 Å². The largest absolute Gasteiger partial charge is 0.305 e. The van der Waals surface area contributed by atoms with Crippen molar-refractivity contribution in [2.75, 3.05) is 6.54 Å². The number of aromatic amines is 1. The van der Waals surface area contributed by atoms with Gasteiger partial charge < -0.3 is 5.32 Å². The summed E-state index contributed by atoms with van der Waals surface area (Å²) in [6, 6.07) is 5.51. The molecule has 17 heavy (non-hydrogen) atoms. The molecule has 0 spiro atoms. The Balaban J connectivity index is 2.35. The summed E-state index contributed by atoms with van der Waals surface area (Å²) >= 11 is 11.9. The first-order valence-electron chi connectivity index (χ1n) is 5.26. The van der Waals surface area contributed by atoms with E-state index in [1.54, 1.807) is 12.3 Å². The standard InChI is InChI=1S/C11H12Cl2N4/c1-2-14-11(10-6-15-17-16-10)7-3-4-8(12)9(13)5-7/h3-6,11,14H,2H2,1H3,(H,15,16,17). The van der Waals surface area contributed by atoms with Gasteiger partial charge in [-0.3, -0.25) is 0 Å². The molecule has 4 nitrogen and oxygen atoms in total. The maximum Gasteiger partial charge on any atom is 0.104 e. The lowest BCUT2D eigenvalue weighted by molar-refractivity contribution is 0.613. The molecule has 1 aromatic carbocycles. The summed E-state index contributed by atoms with van der Waals surface area (Å²) < 4.78 is 0. The Morgan fingerprint density at radius 2 is 2.18 bits per heavy atom. The fraction of sp³-hybridized carbons (Fsp3) is 0.273. The van der Waals surface area contributed by atoms with E-state index in [1.807, 2.05) is 19.1 Å². The molecule has 1 heterocycles. The van der Waals surface area contributed by atoms with E-state index in [9.17, 15) is 0 Å². The van der Waals surface area contributed by atoms with E-state index >= 15 is 0 Å². The lowest BCUT2D eigenvalue weighted by Gasteiger charge is -2.16. The van der Waals surface area contributed by atoms with E-state index < -0.39 is 0 Å². The summed E-state index contributed by atoms with van der Waals surface area (Å²) in [5.74, 6) is 0. The molecule has 6 heteroatoms. The Kier molecular flexibility index (Phi) is 3.99. The van der Waals surface area contributed by atoms with Gasteiger partial charge in [-0.15, -0.1) is 0 Å². The van der Waals surface area contributed by atoms with Crippen LogP contribution in [0.3, 0.4) is 0 Å². The quantitative estimate of drug-likeness (QED) is 0.899. The Labute approximate surface area is 109 Å². The van der Waals surface area contributed by atoms with Gasteiger partial charge in [0.15, 0.2) is 0 Å². The number of H-pyrrole nitrogens is 1. The third-order valence-corrected chi connectivity index (χ3v) is 3.15. The summed E-state index contributed by atoms with van der Waals surface area (Å²) in [7, 11) is 0. The van der Waals surface area contributed by atoms with Gasteiger partial charge in [-0.05, 0) is 24.2 Å². The molecule has 0 saturated heterocycles. The van der Waals surface area contributed by atoms with Gasteiger partial charge >= 0.3 is 0 Å². The highest BCUT2D eigenvalue weighted by Gasteiger charge is 2.16. The molecular weight excluding hydrogens is 259 g/mol. The van der Waals surface area contributed by atoms with Gasteiger partial charge in [0.2, 0.25) is 0 Å². The molecule has 0 aliphatic carbocycles. The van der Waals surface area contributed by atoms with Crippen LogP contribution in [-0.4, -0.2) is 22.0 Å². The maximum atomic E-state index is 6.02. The van der Waals surface area contributed by atoms with Crippen LogP contribution in [0.5, 0.6) is 0 Å². The van der Waals surface area contributed by atoms with Gasteiger partial charge in [-0.2, -0.15) is 15.4 Å². The van der Waals surface area contributed by atoms with Crippen molar-refractivity contribution in [3.63, 3.8) is 0 Å². The molecule has 0 radical (unpaired) electrons. The van der Waals surface area contributed by atoms with Crippen LogP contribution in [0, 0.1) is 0 Å². The van der Waals surface area contributed by atoms with E-state index in [2.05, 4.69) is 20.7 Å². The molecule has 1 atom stereocenters. The van der Waals surface area contributed by atoms with Crippen LogP contribution in [0.15, 0.2) is 24.4 Å². The number of aromatic nitrogens is 3. The molecule has 2 rings (SSSR count). The van der Waals surface area contributed by atoms with Crippen molar-refractivity contribution in [1.29, 1.82) is 0 Å². The summed E-state index contributed by atoms with van der Waals surface area (Å²) in [5.41, 5.74) is 1.83. The molecular formula is C11H12Cl2N4. The van der Waals surface area contributed by atoms with Crippen LogP contribution >= 0.6 is 23.2 Å². The van der Waals surface area contributed by atoms with Gasteiger partial charge in [0.1, 0.15) is 5.69 Å². The van der Waals surface area contributed by atoms with Crippen molar-refractivity contribution in [3.05, 3.63) is 45.7 Å². The molecule has 90 valence electrons. The van der Waals surface area contributed by atoms with Crippen molar-refractivity contribution in [2.45, 2.75) is 13.0 Å². The van der Waals surface area contributed by atoms with Gasteiger partial charge in [0.05, 0.1) is 22.3 Å². The minimum absolute atomic E-state index is 0.0338. The zero-order chi connectivity index (χ0) is 12.3. The van der Waals surface area contributed by atoms with Crippen LogP contribution in [0.2, 0.25) is 10.0 Å². The summed E-state index contributed by atoms with van der Waals surface area (Å²) in [5, 5.41) is 14.9. The summed E-state index contributed by atoms with van der Waals surface area (Å²) in [6.07, 6.45) is 1.69. The zero-order valence-electron chi connectivity index (χ0n) is 9.24. The van der Waals surface area contributed by atoms with Gasteiger partial charge in [0.25, 0.3) is 0 Å². The second-order valence-corrected chi connectivity index (χ2v) is 4.37. The number of benzene rings is 1. The average Bonchev–Trinajstić information content (AvgIpc) is 2.83. The first kappa shape index (κ1) is 12.4. The highest BCUT2D eigenvalue weighted by Crippen LogP contribution is 2.27. The zero-order valence-corrected chi connectivity index (χ0v) is 10.8. The van der Waals surface area contributed by atoms with Crippen molar-refractivity contribution < 1.29 is 0 Å². The topological polar surface area (TPSA) is 53.6 Å². The average molecular weight is 271 g/mol. The second-order valence-electron chi connectivity index (χ2n) is 3.56. The SMILES string of the molecule is CCNC(c1ccc(Cl)c(Cl)c1)c1cn[nH]n1. The van der Waals surface area contributed by atoms with Crippen LogP contribution in [0.25, 0.3) is 0 Å². The number of nitrogens with zero attached hydrogens (tertiary/aromatic N) is 2. The minimum atomic E-state index is -0.0338. The molecule has 2 N–H and O–H groups in total. The Bertz CT molecular complexity index is 484. The lowest BCUT2D eigenvalue weighted by Crippen LogP contribution is -2.22. The van der Waals surface area contributed by atoms with Crippen molar-refractivity contribution in [1.82, 2.24) is 20.7 Å². The first-order valence-corrected chi connectivity index (χ1v) is 6.02. The molecule has 0 aliphatic rings. The van der Waals surface area contributed by atoms with Crippen molar-refractivity contribution in [2.24, 2.45) is 0 Å². The highest BCUT2D eigenvalue weighted by atomic mass is 35.5. The monoisotopic (exact) mass is 270 g/mol. The smallest absolute Gasteiger partial charge is 0.104 e. The summed E-state index contributed by atoms with van der Waals surface area (Å²) in [6.45, 7) is 2.85. The van der Waals surface area contributed by atoms with Crippen LogP contribution < -0.4 is 5.32 Å². The second kappa shape index (κ2) is 5.49. The Morgan fingerprint density at radius 1 is 1.35 bits per heavy atom. The van der Waals surface area contributed by atoms with Crippen LogP contribution in [-0.2, 0) is 0 Å². The number of hydrogen-bond donors (Lipinski definition) is 2. The fourth-order valence-corrected chi connectivity index (χ4v) is 1.95. The molecule has 0 amide bonds. The van der Waals surface area contributed by atoms with Gasteiger partial charge in [-0.1, -0.05) is 36.2 Å². The predicted molar refractivity (Wildman–Crippen MR) is 68.4 cm³/mol. The van der Waals surface area contributed by atoms with Crippen LogP contribution in [0.1, 0.15) is 24.2 Å². The van der Waals surface area contributed by atoms with Crippen molar-refractivity contribution >= 4 is 23.2 Å². The third kappa shape index (κ3) is 2.77. The third-order valence-electron chi connectivity index (χ3n) is 2.41. The number of nitrogens with one attached hydrogen (secondary N) is 2. The molecule has 0 aliphatic heterocycles. The fourth-order valence-electron chi connectivity index (χ4n) is 1.64. The molecule has 1 aromatic heterocycles. The number of halogens is 2. The van der Waals surface area contributed by atoms with E-state index in [1.165, 1.54) is 0 Å². The lowest BCUT2D eigenvalue weighted by atomic mass is 10.0.